The van der Waals surface area contributed by atoms with Crippen molar-refractivity contribution in [2.24, 2.45) is 17.8 Å². The Labute approximate surface area is 248 Å². The fourth-order valence-electron chi connectivity index (χ4n) is 5.70. The summed E-state index contributed by atoms with van der Waals surface area (Å²) < 4.78 is 65.9. The summed E-state index contributed by atoms with van der Waals surface area (Å²) in [6.07, 6.45) is -1.17. The second-order valence-electron chi connectivity index (χ2n) is 10.6. The van der Waals surface area contributed by atoms with Gasteiger partial charge < -0.3 is 9.64 Å². The molecule has 0 bridgehead atoms. The van der Waals surface area contributed by atoms with E-state index in [1.807, 2.05) is 20.8 Å². The molecule has 0 spiro atoms. The molecule has 2 aromatic carbocycles. The molecule has 0 radical (unpaired) electrons. The van der Waals surface area contributed by atoms with Gasteiger partial charge in [-0.05, 0) is 88.5 Å². The van der Waals surface area contributed by atoms with Gasteiger partial charge in [0.15, 0.2) is 6.04 Å². The first kappa shape index (κ1) is 30.5. The van der Waals surface area contributed by atoms with E-state index in [0.29, 0.717) is 6.42 Å². The first-order valence-corrected chi connectivity index (χ1v) is 14.4. The average molecular weight is 672 g/mol. The van der Waals surface area contributed by atoms with Crippen LogP contribution in [-0.2, 0) is 14.9 Å². The Morgan fingerprint density at radius 3 is 2.33 bits per heavy atom. The van der Waals surface area contributed by atoms with E-state index in [0.717, 1.165) is 42.0 Å². The molecule has 5 atom stereocenters. The third-order valence-electron chi connectivity index (χ3n) is 7.79. The minimum absolute atomic E-state index is 0.00707. The Kier molecular flexibility index (Phi) is 8.92. The van der Waals surface area contributed by atoms with Gasteiger partial charge in [-0.2, -0.15) is 13.2 Å². The zero-order valence-corrected chi connectivity index (χ0v) is 25.2. The molecule has 2 unspecified atom stereocenters. The van der Waals surface area contributed by atoms with Crippen molar-refractivity contribution >= 4 is 62.4 Å². The first-order chi connectivity index (χ1) is 18.2. The van der Waals surface area contributed by atoms with Crippen molar-refractivity contribution in [3.05, 3.63) is 73.5 Å². The van der Waals surface area contributed by atoms with Gasteiger partial charge in [0.05, 0.1) is 19.5 Å². The smallest absolute Gasteiger partial charge is 0.404 e. The van der Waals surface area contributed by atoms with Gasteiger partial charge in [-0.3, -0.25) is 0 Å². The zero-order valence-electron chi connectivity index (χ0n) is 21.3. The van der Waals surface area contributed by atoms with Gasteiger partial charge in [0.25, 0.3) is 0 Å². The minimum Gasteiger partial charge on any atom is -0.460 e. The van der Waals surface area contributed by atoms with Crippen LogP contribution in [0.25, 0.3) is 0 Å². The molecule has 39 heavy (non-hydrogen) atoms. The summed E-state index contributed by atoms with van der Waals surface area (Å²) in [5.41, 5.74) is -3.10. The van der Waals surface area contributed by atoms with Crippen LogP contribution < -0.4 is 4.90 Å². The lowest BCUT2D eigenvalue weighted by Crippen LogP contribution is -2.58. The van der Waals surface area contributed by atoms with Crippen LogP contribution in [0.4, 0.5) is 23.2 Å². The molecule has 0 N–H and O–H groups in total. The summed E-state index contributed by atoms with van der Waals surface area (Å²) in [7, 11) is 0. The lowest BCUT2D eigenvalue weighted by molar-refractivity contribution is -0.192. The topological polar surface area (TPSA) is 29.5 Å². The van der Waals surface area contributed by atoms with Crippen LogP contribution in [0.3, 0.4) is 0 Å². The Morgan fingerprint density at radius 1 is 1.13 bits per heavy atom. The highest BCUT2D eigenvalue weighted by Gasteiger charge is 2.66. The molecule has 1 saturated carbocycles. The van der Waals surface area contributed by atoms with Crippen LogP contribution >= 0.6 is 50.7 Å². The number of benzene rings is 2. The van der Waals surface area contributed by atoms with Crippen molar-refractivity contribution in [2.75, 3.05) is 4.90 Å². The van der Waals surface area contributed by atoms with Crippen molar-refractivity contribution in [3.8, 4) is 0 Å². The molecular formula is C28H27BrCl3F4NO2. The average Bonchev–Trinajstić information content (AvgIpc) is 3.26. The lowest BCUT2D eigenvalue weighted by atomic mass is 9.73. The van der Waals surface area contributed by atoms with E-state index in [4.69, 9.17) is 39.5 Å². The number of hydrogen-bond donors (Lipinski definition) is 0. The summed E-state index contributed by atoms with van der Waals surface area (Å²) in [5, 5.41) is -0.477. The van der Waals surface area contributed by atoms with Gasteiger partial charge in [0, 0.05) is 11.9 Å². The Morgan fingerprint density at radius 2 is 1.77 bits per heavy atom. The van der Waals surface area contributed by atoms with E-state index < -0.39 is 35.5 Å². The van der Waals surface area contributed by atoms with E-state index in [2.05, 4.69) is 15.9 Å². The number of ether oxygens (including phenoxy) is 1. The standard InChI is InChI=1S/C28H27BrCl3F4NO2/c1-14(2)18-6-4-15(3)10-23(18)39-26(38)25-27(28(34,35)36,16-11-20(30)24(32)21(31)12-16)8-9-37(25)17-5-7-22(33)19(29)13-17/h5,7-9,11-15,18,23,25H,4,6,10H2,1-3H3/t15-,18+,23-,25?,27?/m0/s1. The van der Waals surface area contributed by atoms with Crippen molar-refractivity contribution < 1.29 is 27.1 Å². The van der Waals surface area contributed by atoms with Crippen LogP contribution in [-0.4, -0.2) is 24.3 Å². The number of anilines is 1. The van der Waals surface area contributed by atoms with E-state index in [-0.39, 0.29) is 48.5 Å². The number of nitrogens with zero attached hydrogens (tertiary/aromatic N) is 1. The zero-order chi connectivity index (χ0) is 28.9. The number of rotatable bonds is 5. The van der Waals surface area contributed by atoms with E-state index in [1.54, 1.807) is 0 Å². The van der Waals surface area contributed by atoms with E-state index in [9.17, 15) is 9.18 Å². The molecule has 212 valence electrons. The summed E-state index contributed by atoms with van der Waals surface area (Å²) in [5.74, 6) is -1.22. The third-order valence-corrected chi connectivity index (χ3v) is 9.60. The molecule has 11 heteroatoms. The maximum absolute atomic E-state index is 15.3. The molecule has 2 aliphatic rings. The molecule has 1 aliphatic carbocycles. The summed E-state index contributed by atoms with van der Waals surface area (Å²) in [6, 6.07) is 3.94. The molecule has 0 amide bonds. The van der Waals surface area contributed by atoms with Crippen molar-refractivity contribution in [1.82, 2.24) is 0 Å². The number of carbonyl (C=O) groups excluding carboxylic acids is 1. The molecule has 1 fully saturated rings. The molecule has 3 nitrogen and oxygen atoms in total. The van der Waals surface area contributed by atoms with Crippen molar-refractivity contribution in [1.29, 1.82) is 0 Å². The van der Waals surface area contributed by atoms with Crippen LogP contribution in [0.5, 0.6) is 0 Å². The van der Waals surface area contributed by atoms with E-state index >= 15 is 13.2 Å². The molecule has 0 saturated heterocycles. The van der Waals surface area contributed by atoms with Gasteiger partial charge >= 0.3 is 12.1 Å². The second-order valence-corrected chi connectivity index (χ2v) is 12.7. The van der Waals surface area contributed by atoms with Gasteiger partial charge in [0.1, 0.15) is 17.3 Å². The van der Waals surface area contributed by atoms with Crippen LogP contribution in [0.1, 0.15) is 45.6 Å². The minimum atomic E-state index is -4.99. The number of hydrogen-bond acceptors (Lipinski definition) is 3. The number of halogens is 8. The SMILES string of the molecule is CC(C)[C@H]1CC[C@H](C)C[C@@H]1OC(=O)C1N(c2ccc(F)c(Br)c2)C=CC1(c1cc(Cl)c(Cl)c(Cl)c1)C(F)(F)F. The van der Waals surface area contributed by atoms with Crippen LogP contribution in [0.15, 0.2) is 47.1 Å². The summed E-state index contributed by atoms with van der Waals surface area (Å²) >= 11 is 21.5. The number of alkyl halides is 3. The number of carbonyl (C=O) groups is 1. The van der Waals surface area contributed by atoms with Gasteiger partial charge in [0.2, 0.25) is 0 Å². The molecule has 1 heterocycles. The summed E-state index contributed by atoms with van der Waals surface area (Å²) in [6.45, 7) is 6.06. The highest BCUT2D eigenvalue weighted by molar-refractivity contribution is 9.10. The third kappa shape index (κ3) is 5.68. The molecule has 0 aromatic heterocycles. The monoisotopic (exact) mass is 669 g/mol. The Balaban J connectivity index is 1.88. The normalized spacial score (nSPS) is 27.3. The molecule has 1 aliphatic heterocycles. The highest BCUT2D eigenvalue weighted by Crippen LogP contribution is 2.53. The predicted octanol–water partition coefficient (Wildman–Crippen LogP) is 9.75. The van der Waals surface area contributed by atoms with Gasteiger partial charge in [-0.25, -0.2) is 9.18 Å². The first-order valence-electron chi connectivity index (χ1n) is 12.5. The fraction of sp³-hybridized carbons (Fsp3) is 0.464. The van der Waals surface area contributed by atoms with Crippen molar-refractivity contribution in [3.63, 3.8) is 0 Å². The van der Waals surface area contributed by atoms with Crippen LogP contribution in [0, 0.1) is 23.6 Å². The highest BCUT2D eigenvalue weighted by atomic mass is 79.9. The van der Waals surface area contributed by atoms with Crippen molar-refractivity contribution in [2.45, 2.75) is 63.8 Å². The Hall–Kier alpha value is -1.48. The second kappa shape index (κ2) is 11.4. The Bertz CT molecular complexity index is 1260. The fourth-order valence-corrected chi connectivity index (χ4v) is 6.66. The molecule has 2 aromatic rings. The van der Waals surface area contributed by atoms with Gasteiger partial charge in [-0.1, -0.05) is 62.0 Å². The maximum atomic E-state index is 15.3. The molecule has 4 rings (SSSR count). The number of esters is 1. The summed E-state index contributed by atoms with van der Waals surface area (Å²) in [4.78, 5) is 15.2. The molecular weight excluding hydrogens is 645 g/mol. The van der Waals surface area contributed by atoms with Gasteiger partial charge in [-0.15, -0.1) is 0 Å². The largest absolute Gasteiger partial charge is 0.460 e. The predicted molar refractivity (Wildman–Crippen MR) is 150 cm³/mol. The van der Waals surface area contributed by atoms with E-state index in [1.165, 1.54) is 18.3 Å². The quantitative estimate of drug-likeness (QED) is 0.180. The maximum Gasteiger partial charge on any atom is 0.404 e. The van der Waals surface area contributed by atoms with Crippen LogP contribution in [0.2, 0.25) is 15.1 Å². The lowest BCUT2D eigenvalue weighted by Gasteiger charge is -2.42.